The summed E-state index contributed by atoms with van der Waals surface area (Å²) in [6.45, 7) is 2.19. The fourth-order valence-corrected chi connectivity index (χ4v) is 5.68. The largest absolute Gasteiger partial charge is 0.339 e. The molecule has 2 fully saturated rings. The highest BCUT2D eigenvalue weighted by Crippen LogP contribution is 2.33. The molecule has 2 atom stereocenters. The fraction of sp³-hybridized carbons (Fsp3) is 0.407. The molecule has 2 aromatic rings. The first kappa shape index (κ1) is 23.2. The molecule has 3 aliphatic rings. The van der Waals surface area contributed by atoms with Gasteiger partial charge in [-0.1, -0.05) is 36.4 Å². The molecule has 8 heteroatoms. The lowest BCUT2D eigenvalue weighted by Crippen LogP contribution is -2.52. The lowest BCUT2D eigenvalue weighted by Gasteiger charge is -2.36. The molecule has 4 amide bonds. The average Bonchev–Trinajstić information content (AvgIpc) is 3.20. The van der Waals surface area contributed by atoms with E-state index >= 15 is 0 Å². The molecule has 3 N–H and O–H groups in total. The first-order chi connectivity index (χ1) is 17.0. The van der Waals surface area contributed by atoms with Crippen LogP contribution >= 0.6 is 0 Å². The molecule has 0 bridgehead atoms. The van der Waals surface area contributed by atoms with Gasteiger partial charge < -0.3 is 15.5 Å². The number of imide groups is 1. The Labute approximate surface area is 204 Å². The van der Waals surface area contributed by atoms with Gasteiger partial charge in [0.15, 0.2) is 0 Å². The second-order valence-electron chi connectivity index (χ2n) is 9.65. The molecule has 182 valence electrons. The van der Waals surface area contributed by atoms with E-state index in [9.17, 15) is 19.2 Å². The predicted molar refractivity (Wildman–Crippen MR) is 129 cm³/mol. The Hall–Kier alpha value is -3.52. The molecule has 0 spiro atoms. The van der Waals surface area contributed by atoms with E-state index in [1.54, 1.807) is 18.2 Å². The number of hydrogen-bond acceptors (Lipinski definition) is 5. The van der Waals surface area contributed by atoms with Crippen molar-refractivity contribution < 1.29 is 19.2 Å². The van der Waals surface area contributed by atoms with Gasteiger partial charge in [-0.2, -0.15) is 0 Å². The minimum absolute atomic E-state index is 0.0810. The van der Waals surface area contributed by atoms with Crippen LogP contribution in [0, 0.1) is 5.92 Å². The number of amides is 4. The maximum absolute atomic E-state index is 13.3. The van der Waals surface area contributed by atoms with Crippen LogP contribution in [0.1, 0.15) is 63.4 Å². The minimum atomic E-state index is -0.661. The van der Waals surface area contributed by atoms with Crippen LogP contribution in [0.4, 0.5) is 0 Å². The van der Waals surface area contributed by atoms with Crippen molar-refractivity contribution in [1.82, 2.24) is 15.1 Å². The normalized spacial score (nSPS) is 21.6. The van der Waals surface area contributed by atoms with Crippen LogP contribution < -0.4 is 11.1 Å². The molecule has 8 nitrogen and oxygen atoms in total. The highest BCUT2D eigenvalue weighted by atomic mass is 16.2. The SMILES string of the molecule is NCC(c1ccccc1)C1CCN(C(=O)c2ccc3c(c2)C(=O)N(C2CCC(=O)NC2=O)C3)CC1. The van der Waals surface area contributed by atoms with Crippen molar-refractivity contribution in [3.8, 4) is 0 Å². The number of nitrogens with zero attached hydrogens (tertiary/aromatic N) is 2. The number of nitrogens with one attached hydrogen (secondary N) is 1. The topological polar surface area (TPSA) is 113 Å². The number of hydrogen-bond donors (Lipinski definition) is 2. The molecule has 0 aliphatic carbocycles. The third-order valence-electron chi connectivity index (χ3n) is 7.65. The maximum Gasteiger partial charge on any atom is 0.255 e. The van der Waals surface area contributed by atoms with Crippen LogP contribution in [0.2, 0.25) is 0 Å². The lowest BCUT2D eigenvalue weighted by molar-refractivity contribution is -0.136. The van der Waals surface area contributed by atoms with Crippen molar-refractivity contribution in [2.75, 3.05) is 19.6 Å². The third kappa shape index (κ3) is 4.46. The predicted octanol–water partition coefficient (Wildman–Crippen LogP) is 2.04. The number of carbonyl (C=O) groups is 4. The number of carbonyl (C=O) groups excluding carboxylic acids is 4. The number of fused-ring (bicyclic) bond motifs is 1. The molecule has 2 unspecified atom stereocenters. The third-order valence-corrected chi connectivity index (χ3v) is 7.65. The Bertz CT molecular complexity index is 1160. The molecule has 0 aromatic heterocycles. The molecule has 35 heavy (non-hydrogen) atoms. The summed E-state index contributed by atoms with van der Waals surface area (Å²) in [6.07, 6.45) is 2.30. The molecular weight excluding hydrogens is 444 g/mol. The molecule has 3 heterocycles. The summed E-state index contributed by atoms with van der Waals surface area (Å²) in [5.41, 5.74) is 9.10. The quantitative estimate of drug-likeness (QED) is 0.644. The van der Waals surface area contributed by atoms with Crippen molar-refractivity contribution in [2.45, 2.75) is 44.2 Å². The van der Waals surface area contributed by atoms with Gasteiger partial charge in [0, 0.05) is 37.2 Å². The lowest BCUT2D eigenvalue weighted by atomic mass is 9.80. The van der Waals surface area contributed by atoms with Crippen molar-refractivity contribution in [3.05, 3.63) is 70.8 Å². The van der Waals surface area contributed by atoms with Gasteiger partial charge in [0.1, 0.15) is 6.04 Å². The van der Waals surface area contributed by atoms with E-state index in [1.165, 1.54) is 10.5 Å². The summed E-state index contributed by atoms with van der Waals surface area (Å²) in [5.74, 6) is -0.389. The van der Waals surface area contributed by atoms with Gasteiger partial charge >= 0.3 is 0 Å². The Kier molecular flexibility index (Phi) is 6.38. The summed E-state index contributed by atoms with van der Waals surface area (Å²) >= 11 is 0. The highest BCUT2D eigenvalue weighted by molar-refractivity contribution is 6.06. The zero-order chi connectivity index (χ0) is 24.5. The van der Waals surface area contributed by atoms with Crippen LogP contribution in [0.25, 0.3) is 0 Å². The van der Waals surface area contributed by atoms with Crippen LogP contribution in [-0.4, -0.2) is 59.1 Å². The summed E-state index contributed by atoms with van der Waals surface area (Å²) in [6, 6.07) is 14.9. The monoisotopic (exact) mass is 474 g/mol. The molecule has 0 saturated carbocycles. The van der Waals surface area contributed by atoms with Crippen LogP contribution in [0.5, 0.6) is 0 Å². The van der Waals surface area contributed by atoms with Gasteiger partial charge in [-0.3, -0.25) is 24.5 Å². The van der Waals surface area contributed by atoms with Gasteiger partial charge in [-0.25, -0.2) is 0 Å². The summed E-state index contributed by atoms with van der Waals surface area (Å²) in [4.78, 5) is 53.4. The second kappa shape index (κ2) is 9.62. The zero-order valence-corrected chi connectivity index (χ0v) is 19.6. The minimum Gasteiger partial charge on any atom is -0.339 e. The highest BCUT2D eigenvalue weighted by Gasteiger charge is 2.39. The van der Waals surface area contributed by atoms with Crippen LogP contribution in [0.15, 0.2) is 48.5 Å². The van der Waals surface area contributed by atoms with E-state index in [2.05, 4.69) is 17.4 Å². The van der Waals surface area contributed by atoms with Crippen LogP contribution in [0.3, 0.4) is 0 Å². The van der Waals surface area contributed by atoms with Gasteiger partial charge in [0.2, 0.25) is 11.8 Å². The van der Waals surface area contributed by atoms with Crippen LogP contribution in [-0.2, 0) is 16.1 Å². The van der Waals surface area contributed by atoms with Crippen molar-refractivity contribution in [2.24, 2.45) is 11.7 Å². The molecule has 2 saturated heterocycles. The van der Waals surface area contributed by atoms with E-state index in [-0.39, 0.29) is 30.1 Å². The Morgan fingerprint density at radius 3 is 2.46 bits per heavy atom. The van der Waals surface area contributed by atoms with Crippen molar-refractivity contribution in [3.63, 3.8) is 0 Å². The number of piperidine rings is 2. The maximum atomic E-state index is 13.3. The van der Waals surface area contributed by atoms with E-state index in [4.69, 9.17) is 5.73 Å². The zero-order valence-electron chi connectivity index (χ0n) is 19.6. The Morgan fingerprint density at radius 2 is 1.77 bits per heavy atom. The number of likely N-dealkylation sites (tertiary alicyclic amines) is 1. The standard InChI is InChI=1S/C27H30N4O4/c28-15-22(17-4-2-1-3-5-17)18-10-12-30(13-11-18)26(34)19-6-7-20-16-31(27(35)21(20)14-19)23-8-9-24(32)29-25(23)33/h1-7,14,18,22-23H,8-13,15-16,28H2,(H,29,32,33). The van der Waals surface area contributed by atoms with Crippen molar-refractivity contribution >= 4 is 23.6 Å². The number of nitrogens with two attached hydrogens (primary N) is 1. The van der Waals surface area contributed by atoms with E-state index in [0.29, 0.717) is 49.6 Å². The fourth-order valence-electron chi connectivity index (χ4n) is 5.68. The molecule has 2 aromatic carbocycles. The second-order valence-corrected chi connectivity index (χ2v) is 9.65. The van der Waals surface area contributed by atoms with E-state index in [1.807, 2.05) is 23.1 Å². The smallest absolute Gasteiger partial charge is 0.255 e. The number of rotatable bonds is 5. The van der Waals surface area contributed by atoms with E-state index in [0.717, 1.165) is 18.4 Å². The Balaban J connectivity index is 1.25. The van der Waals surface area contributed by atoms with Crippen molar-refractivity contribution in [1.29, 1.82) is 0 Å². The average molecular weight is 475 g/mol. The van der Waals surface area contributed by atoms with E-state index < -0.39 is 11.9 Å². The molecule has 5 rings (SSSR count). The summed E-state index contributed by atoms with van der Waals surface area (Å²) < 4.78 is 0. The van der Waals surface area contributed by atoms with Gasteiger partial charge in [0.25, 0.3) is 11.8 Å². The molecule has 0 radical (unpaired) electrons. The number of benzene rings is 2. The summed E-state index contributed by atoms with van der Waals surface area (Å²) in [7, 11) is 0. The molecular formula is C27H30N4O4. The summed E-state index contributed by atoms with van der Waals surface area (Å²) in [5, 5.41) is 2.31. The molecule has 3 aliphatic heterocycles. The Morgan fingerprint density at radius 1 is 1.03 bits per heavy atom. The first-order valence-electron chi connectivity index (χ1n) is 12.3. The first-order valence-corrected chi connectivity index (χ1v) is 12.3. The van der Waals surface area contributed by atoms with Gasteiger partial charge in [-0.05, 0) is 60.9 Å². The van der Waals surface area contributed by atoms with Gasteiger partial charge in [0.05, 0.1) is 0 Å². The van der Waals surface area contributed by atoms with Gasteiger partial charge in [-0.15, -0.1) is 0 Å².